The fraction of sp³-hybridized carbons (Fsp3) is 0. The second-order valence-electron chi connectivity index (χ2n) is 4.76. The molecule has 0 unspecified atom stereocenters. The van der Waals surface area contributed by atoms with Gasteiger partial charge in [0.25, 0.3) is 0 Å². The summed E-state index contributed by atoms with van der Waals surface area (Å²) in [4.78, 5) is 12.6. The van der Waals surface area contributed by atoms with E-state index in [-0.39, 0.29) is 17.1 Å². The van der Waals surface area contributed by atoms with E-state index in [2.05, 4.69) is 0 Å². The van der Waals surface area contributed by atoms with Gasteiger partial charge in [-0.15, -0.1) is 0 Å². The summed E-state index contributed by atoms with van der Waals surface area (Å²) in [6.07, 6.45) is 0. The molecule has 0 radical (unpaired) electrons. The lowest BCUT2D eigenvalue weighted by Crippen LogP contribution is -2.03. The van der Waals surface area contributed by atoms with Crippen LogP contribution in [0.25, 0.3) is 0 Å². The van der Waals surface area contributed by atoms with Gasteiger partial charge in [-0.3, -0.25) is 4.79 Å². The largest absolute Gasteiger partial charge is 0.507 e. The first kappa shape index (κ1) is 13.9. The van der Waals surface area contributed by atoms with Gasteiger partial charge in [0.15, 0.2) is 5.78 Å². The van der Waals surface area contributed by atoms with Crippen LogP contribution in [0.15, 0.2) is 78.9 Å². The Morgan fingerprint density at radius 3 is 2.05 bits per heavy atom. The van der Waals surface area contributed by atoms with Gasteiger partial charge in [0.2, 0.25) is 0 Å². The summed E-state index contributed by atoms with van der Waals surface area (Å²) in [6.45, 7) is 0. The molecule has 0 amide bonds. The minimum Gasteiger partial charge on any atom is -0.507 e. The molecule has 0 spiro atoms. The number of benzene rings is 3. The second-order valence-corrected chi connectivity index (χ2v) is 4.76. The van der Waals surface area contributed by atoms with Crippen LogP contribution in [0.1, 0.15) is 15.9 Å². The number of phenolic OH excluding ortho intramolecular Hbond substituents is 1. The second kappa shape index (κ2) is 6.14. The molecular weight excluding hydrogens is 276 g/mol. The third-order valence-corrected chi connectivity index (χ3v) is 3.25. The van der Waals surface area contributed by atoms with Crippen LogP contribution < -0.4 is 4.74 Å². The molecule has 3 aromatic rings. The average molecular weight is 290 g/mol. The van der Waals surface area contributed by atoms with Crippen molar-refractivity contribution in [1.29, 1.82) is 0 Å². The maximum absolute atomic E-state index is 12.6. The summed E-state index contributed by atoms with van der Waals surface area (Å²) in [5.41, 5.74) is 0.666. The van der Waals surface area contributed by atoms with Gasteiger partial charge < -0.3 is 9.84 Å². The van der Waals surface area contributed by atoms with Gasteiger partial charge in [-0.1, -0.05) is 42.5 Å². The molecule has 0 saturated heterocycles. The Balaban J connectivity index is 1.98. The SMILES string of the molecule is O=C(c1ccccc1O)c1ccccc1Oc1ccccc1. The van der Waals surface area contributed by atoms with E-state index in [9.17, 15) is 9.90 Å². The molecule has 0 heterocycles. The maximum atomic E-state index is 12.6. The number of phenols is 1. The summed E-state index contributed by atoms with van der Waals surface area (Å²) >= 11 is 0. The standard InChI is InChI=1S/C19H14O3/c20-17-12-6-4-10-15(17)19(21)16-11-5-7-13-18(16)22-14-8-2-1-3-9-14/h1-13,20H. The van der Waals surface area contributed by atoms with E-state index in [4.69, 9.17) is 4.74 Å². The quantitative estimate of drug-likeness (QED) is 0.724. The highest BCUT2D eigenvalue weighted by atomic mass is 16.5. The van der Waals surface area contributed by atoms with Crippen molar-refractivity contribution in [3.8, 4) is 17.2 Å². The topological polar surface area (TPSA) is 46.5 Å². The van der Waals surface area contributed by atoms with Gasteiger partial charge in [-0.05, 0) is 36.4 Å². The number of ether oxygens (including phenoxy) is 1. The van der Waals surface area contributed by atoms with E-state index in [0.717, 1.165) is 0 Å². The molecule has 0 saturated carbocycles. The van der Waals surface area contributed by atoms with Crippen molar-refractivity contribution in [3.63, 3.8) is 0 Å². The highest BCUT2D eigenvalue weighted by molar-refractivity contribution is 6.12. The Morgan fingerprint density at radius 1 is 0.727 bits per heavy atom. The molecule has 3 rings (SSSR count). The van der Waals surface area contributed by atoms with E-state index in [0.29, 0.717) is 17.1 Å². The van der Waals surface area contributed by atoms with E-state index in [1.165, 1.54) is 6.07 Å². The first-order valence-corrected chi connectivity index (χ1v) is 6.90. The lowest BCUT2D eigenvalue weighted by molar-refractivity contribution is 0.103. The molecule has 3 nitrogen and oxygen atoms in total. The number of hydrogen-bond acceptors (Lipinski definition) is 3. The van der Waals surface area contributed by atoms with Crippen LogP contribution in [0, 0.1) is 0 Å². The van der Waals surface area contributed by atoms with Crippen molar-refractivity contribution in [2.45, 2.75) is 0 Å². The van der Waals surface area contributed by atoms with Crippen molar-refractivity contribution in [2.75, 3.05) is 0 Å². The van der Waals surface area contributed by atoms with Crippen molar-refractivity contribution < 1.29 is 14.6 Å². The molecule has 22 heavy (non-hydrogen) atoms. The van der Waals surface area contributed by atoms with Gasteiger partial charge in [0.05, 0.1) is 11.1 Å². The lowest BCUT2D eigenvalue weighted by atomic mass is 10.0. The molecule has 0 aliphatic rings. The number of rotatable bonds is 4. The molecule has 0 aliphatic carbocycles. The predicted molar refractivity (Wildman–Crippen MR) is 84.5 cm³/mol. The fourth-order valence-corrected chi connectivity index (χ4v) is 2.17. The molecule has 0 atom stereocenters. The van der Waals surface area contributed by atoms with E-state index < -0.39 is 0 Å². The Bertz CT molecular complexity index is 795. The fourth-order valence-electron chi connectivity index (χ4n) is 2.17. The van der Waals surface area contributed by atoms with Crippen LogP contribution in [0.2, 0.25) is 0 Å². The number of hydrogen-bond donors (Lipinski definition) is 1. The monoisotopic (exact) mass is 290 g/mol. The number of ketones is 1. The Hall–Kier alpha value is -3.07. The van der Waals surface area contributed by atoms with E-state index in [1.807, 2.05) is 30.3 Å². The summed E-state index contributed by atoms with van der Waals surface area (Å²) in [7, 11) is 0. The lowest BCUT2D eigenvalue weighted by Gasteiger charge is -2.11. The molecule has 0 aliphatic heterocycles. The van der Waals surface area contributed by atoms with E-state index in [1.54, 1.807) is 42.5 Å². The minimum atomic E-state index is -0.273. The predicted octanol–water partition coefficient (Wildman–Crippen LogP) is 4.42. The zero-order valence-corrected chi connectivity index (χ0v) is 11.8. The average Bonchev–Trinajstić information content (AvgIpc) is 2.56. The number of aromatic hydroxyl groups is 1. The van der Waals surface area contributed by atoms with Gasteiger partial charge in [0.1, 0.15) is 17.2 Å². The first-order valence-electron chi connectivity index (χ1n) is 6.90. The van der Waals surface area contributed by atoms with Crippen LogP contribution in [0.4, 0.5) is 0 Å². The number of carbonyl (C=O) groups excluding carboxylic acids is 1. The smallest absolute Gasteiger partial charge is 0.200 e. The van der Waals surface area contributed by atoms with Crippen LogP contribution >= 0.6 is 0 Å². The summed E-state index contributed by atoms with van der Waals surface area (Å²) < 4.78 is 5.79. The number of para-hydroxylation sites is 3. The molecule has 0 fully saturated rings. The van der Waals surface area contributed by atoms with Gasteiger partial charge in [0, 0.05) is 0 Å². The van der Waals surface area contributed by atoms with Crippen molar-refractivity contribution in [2.24, 2.45) is 0 Å². The van der Waals surface area contributed by atoms with Gasteiger partial charge >= 0.3 is 0 Å². The normalized spacial score (nSPS) is 10.2. The summed E-state index contributed by atoms with van der Waals surface area (Å²) in [6, 6.07) is 22.7. The van der Waals surface area contributed by atoms with Gasteiger partial charge in [-0.2, -0.15) is 0 Å². The highest BCUT2D eigenvalue weighted by Crippen LogP contribution is 2.29. The Morgan fingerprint density at radius 2 is 1.32 bits per heavy atom. The van der Waals surface area contributed by atoms with Crippen LogP contribution in [0.5, 0.6) is 17.2 Å². The number of carbonyl (C=O) groups is 1. The molecule has 3 aromatic carbocycles. The van der Waals surface area contributed by atoms with Crippen LogP contribution in [-0.4, -0.2) is 10.9 Å². The summed E-state index contributed by atoms with van der Waals surface area (Å²) in [5.74, 6) is 0.800. The molecule has 108 valence electrons. The molecule has 0 bridgehead atoms. The van der Waals surface area contributed by atoms with Crippen molar-refractivity contribution in [3.05, 3.63) is 90.0 Å². The van der Waals surface area contributed by atoms with E-state index >= 15 is 0 Å². The van der Waals surface area contributed by atoms with Crippen LogP contribution in [0.3, 0.4) is 0 Å². The zero-order valence-electron chi connectivity index (χ0n) is 11.8. The summed E-state index contributed by atoms with van der Waals surface area (Å²) in [5, 5.41) is 9.86. The van der Waals surface area contributed by atoms with Crippen molar-refractivity contribution in [1.82, 2.24) is 0 Å². The third kappa shape index (κ3) is 2.83. The molecule has 3 heteroatoms. The van der Waals surface area contributed by atoms with Crippen molar-refractivity contribution >= 4 is 5.78 Å². The highest BCUT2D eigenvalue weighted by Gasteiger charge is 2.17. The van der Waals surface area contributed by atoms with Gasteiger partial charge in [-0.25, -0.2) is 0 Å². The first-order chi connectivity index (χ1) is 10.8. The molecule has 1 N–H and O–H groups in total. The maximum Gasteiger partial charge on any atom is 0.200 e. The molecule has 0 aromatic heterocycles. The minimum absolute atomic E-state index is 0.0398. The Kier molecular flexibility index (Phi) is 3.88. The van der Waals surface area contributed by atoms with Crippen LogP contribution in [-0.2, 0) is 0 Å². The molecular formula is C19H14O3. The zero-order chi connectivity index (χ0) is 15.4. The Labute approximate surface area is 128 Å². The third-order valence-electron chi connectivity index (χ3n) is 3.25.